The molecule has 19 heavy (non-hydrogen) atoms. The number of furan rings is 1. The number of hydrogen-bond acceptors (Lipinski definition) is 4. The van der Waals surface area contributed by atoms with E-state index in [1.165, 1.54) is 38.0 Å². The van der Waals surface area contributed by atoms with Gasteiger partial charge in [-0.1, -0.05) is 6.92 Å². The van der Waals surface area contributed by atoms with Crippen molar-refractivity contribution in [2.24, 2.45) is 0 Å². The second kappa shape index (κ2) is 7.08. The Kier molecular flexibility index (Phi) is 5.43. The van der Waals surface area contributed by atoms with Crippen molar-refractivity contribution in [2.45, 2.75) is 38.9 Å². The van der Waals surface area contributed by atoms with Gasteiger partial charge < -0.3 is 14.6 Å². The van der Waals surface area contributed by atoms with E-state index in [0.29, 0.717) is 6.04 Å². The Morgan fingerprint density at radius 1 is 1.42 bits per heavy atom. The molecular formula is C15H27N3O. The van der Waals surface area contributed by atoms with E-state index in [9.17, 15) is 0 Å². The van der Waals surface area contributed by atoms with Crippen LogP contribution in [0.4, 0.5) is 0 Å². The first kappa shape index (κ1) is 14.6. The molecule has 1 aliphatic rings. The van der Waals surface area contributed by atoms with Crippen LogP contribution in [-0.4, -0.2) is 49.6 Å². The van der Waals surface area contributed by atoms with E-state index in [-0.39, 0.29) is 0 Å². The molecule has 4 nitrogen and oxygen atoms in total. The molecule has 108 valence electrons. The zero-order valence-corrected chi connectivity index (χ0v) is 12.5. The van der Waals surface area contributed by atoms with Crippen molar-refractivity contribution < 1.29 is 4.42 Å². The molecule has 1 aliphatic heterocycles. The fourth-order valence-electron chi connectivity index (χ4n) is 2.89. The minimum Gasteiger partial charge on any atom is -0.468 e. The highest BCUT2D eigenvalue weighted by Crippen LogP contribution is 2.17. The van der Waals surface area contributed by atoms with Gasteiger partial charge in [-0.05, 0) is 39.5 Å². The zero-order valence-electron chi connectivity index (χ0n) is 12.5. The minimum atomic E-state index is 0.644. The van der Waals surface area contributed by atoms with Gasteiger partial charge in [0.05, 0.1) is 12.8 Å². The van der Waals surface area contributed by atoms with Crippen LogP contribution in [0.2, 0.25) is 0 Å². The molecule has 2 rings (SSSR count). The van der Waals surface area contributed by atoms with E-state index in [1.54, 1.807) is 0 Å². The van der Waals surface area contributed by atoms with E-state index in [0.717, 1.165) is 18.8 Å². The highest BCUT2D eigenvalue weighted by Gasteiger charge is 2.22. The number of hydrogen-bond donors (Lipinski definition) is 1. The van der Waals surface area contributed by atoms with Crippen molar-refractivity contribution in [3.63, 3.8) is 0 Å². The molecule has 1 aromatic rings. The molecule has 0 radical (unpaired) electrons. The van der Waals surface area contributed by atoms with Crippen molar-refractivity contribution >= 4 is 0 Å². The number of likely N-dealkylation sites (N-methyl/N-ethyl adjacent to an activating group) is 1. The number of rotatable bonds is 5. The lowest BCUT2D eigenvalue weighted by Gasteiger charge is -2.29. The largest absolute Gasteiger partial charge is 0.468 e. The Bertz CT molecular complexity index is 377. The fourth-order valence-corrected chi connectivity index (χ4v) is 2.89. The molecule has 1 N–H and O–H groups in total. The summed E-state index contributed by atoms with van der Waals surface area (Å²) in [5.41, 5.74) is 1.23. The van der Waals surface area contributed by atoms with Gasteiger partial charge >= 0.3 is 0 Å². The molecule has 4 heteroatoms. The molecule has 1 aromatic heterocycles. The van der Waals surface area contributed by atoms with Crippen LogP contribution in [0.15, 0.2) is 16.7 Å². The van der Waals surface area contributed by atoms with Gasteiger partial charge in [-0.2, -0.15) is 0 Å². The third-order valence-electron chi connectivity index (χ3n) is 3.94. The van der Waals surface area contributed by atoms with E-state index in [2.05, 4.69) is 35.2 Å². The Morgan fingerprint density at radius 3 is 3.00 bits per heavy atom. The lowest BCUT2D eigenvalue weighted by atomic mass is 10.1. The summed E-state index contributed by atoms with van der Waals surface area (Å²) in [6, 6.07) is 2.82. The fraction of sp³-hybridized carbons (Fsp3) is 0.733. The van der Waals surface area contributed by atoms with Crippen LogP contribution in [0.3, 0.4) is 0 Å². The first-order valence-corrected chi connectivity index (χ1v) is 7.36. The summed E-state index contributed by atoms with van der Waals surface area (Å²) in [6.45, 7) is 7.65. The second-order valence-electron chi connectivity index (χ2n) is 5.60. The molecule has 1 atom stereocenters. The number of nitrogens with zero attached hydrogens (tertiary/aromatic N) is 2. The summed E-state index contributed by atoms with van der Waals surface area (Å²) >= 11 is 0. The van der Waals surface area contributed by atoms with E-state index < -0.39 is 0 Å². The summed E-state index contributed by atoms with van der Waals surface area (Å²) in [5.74, 6) is 1.09. The molecule has 1 fully saturated rings. The molecule has 0 amide bonds. The van der Waals surface area contributed by atoms with Crippen LogP contribution in [-0.2, 0) is 13.1 Å². The maximum Gasteiger partial charge on any atom is 0.118 e. The maximum absolute atomic E-state index is 5.69. The lowest BCUT2D eigenvalue weighted by Crippen LogP contribution is -2.39. The van der Waals surface area contributed by atoms with Crippen molar-refractivity contribution in [1.29, 1.82) is 0 Å². The van der Waals surface area contributed by atoms with Crippen LogP contribution in [0, 0.1) is 0 Å². The summed E-state index contributed by atoms with van der Waals surface area (Å²) in [7, 11) is 4.19. The third kappa shape index (κ3) is 4.06. The summed E-state index contributed by atoms with van der Waals surface area (Å²) in [4.78, 5) is 5.02. The van der Waals surface area contributed by atoms with Gasteiger partial charge in [-0.15, -0.1) is 0 Å². The SMILES string of the molecule is CCC1CN(C)CCCN1Cc1cc(CNC)co1. The average Bonchev–Trinajstić information content (AvgIpc) is 2.74. The van der Waals surface area contributed by atoms with E-state index in [4.69, 9.17) is 4.42 Å². The Balaban J connectivity index is 1.98. The van der Waals surface area contributed by atoms with Gasteiger partial charge in [0.2, 0.25) is 0 Å². The molecule has 0 aliphatic carbocycles. The molecule has 0 aromatic carbocycles. The molecule has 2 heterocycles. The van der Waals surface area contributed by atoms with Gasteiger partial charge in [0.15, 0.2) is 0 Å². The van der Waals surface area contributed by atoms with Crippen molar-refractivity contribution in [1.82, 2.24) is 15.1 Å². The molecule has 1 saturated heterocycles. The summed E-state index contributed by atoms with van der Waals surface area (Å²) in [5, 5.41) is 3.16. The Labute approximate surface area is 116 Å². The topological polar surface area (TPSA) is 31.6 Å². The Hall–Kier alpha value is -0.840. The lowest BCUT2D eigenvalue weighted by molar-refractivity contribution is 0.164. The predicted molar refractivity (Wildman–Crippen MR) is 78.1 cm³/mol. The first-order valence-electron chi connectivity index (χ1n) is 7.36. The molecule has 0 bridgehead atoms. The minimum absolute atomic E-state index is 0.644. The van der Waals surface area contributed by atoms with E-state index >= 15 is 0 Å². The Morgan fingerprint density at radius 2 is 2.26 bits per heavy atom. The van der Waals surface area contributed by atoms with Crippen molar-refractivity contribution in [3.05, 3.63) is 23.7 Å². The average molecular weight is 265 g/mol. The van der Waals surface area contributed by atoms with E-state index in [1.807, 2.05) is 13.3 Å². The molecule has 0 spiro atoms. The normalized spacial score (nSPS) is 22.6. The second-order valence-corrected chi connectivity index (χ2v) is 5.60. The van der Waals surface area contributed by atoms with Crippen LogP contribution in [0.25, 0.3) is 0 Å². The monoisotopic (exact) mass is 265 g/mol. The van der Waals surface area contributed by atoms with Gasteiger partial charge in [-0.3, -0.25) is 4.90 Å². The van der Waals surface area contributed by atoms with Crippen LogP contribution >= 0.6 is 0 Å². The smallest absolute Gasteiger partial charge is 0.118 e. The highest BCUT2D eigenvalue weighted by molar-refractivity contribution is 5.12. The third-order valence-corrected chi connectivity index (χ3v) is 3.94. The van der Waals surface area contributed by atoms with Crippen LogP contribution in [0.5, 0.6) is 0 Å². The van der Waals surface area contributed by atoms with Gasteiger partial charge in [-0.25, -0.2) is 0 Å². The standard InChI is InChI=1S/C15H27N3O/c1-4-14-10-17(3)6-5-7-18(14)11-15-8-13(9-16-2)12-19-15/h8,12,14,16H,4-7,9-11H2,1-3H3. The first-order chi connectivity index (χ1) is 9.22. The number of nitrogens with one attached hydrogen (secondary N) is 1. The quantitative estimate of drug-likeness (QED) is 0.881. The van der Waals surface area contributed by atoms with Crippen molar-refractivity contribution in [2.75, 3.05) is 33.7 Å². The van der Waals surface area contributed by atoms with Crippen molar-refractivity contribution in [3.8, 4) is 0 Å². The molecular weight excluding hydrogens is 238 g/mol. The van der Waals surface area contributed by atoms with Crippen LogP contribution < -0.4 is 5.32 Å². The molecule has 1 unspecified atom stereocenters. The van der Waals surface area contributed by atoms with Gasteiger partial charge in [0.1, 0.15) is 5.76 Å². The van der Waals surface area contributed by atoms with Gasteiger partial charge in [0.25, 0.3) is 0 Å². The summed E-state index contributed by atoms with van der Waals surface area (Å²) < 4.78 is 5.69. The zero-order chi connectivity index (χ0) is 13.7. The molecule has 0 saturated carbocycles. The predicted octanol–water partition coefficient (Wildman–Crippen LogP) is 1.92. The maximum atomic E-state index is 5.69. The summed E-state index contributed by atoms with van der Waals surface area (Å²) in [6.07, 6.45) is 4.32. The highest BCUT2D eigenvalue weighted by atomic mass is 16.3. The van der Waals surface area contributed by atoms with Crippen LogP contribution in [0.1, 0.15) is 31.1 Å². The van der Waals surface area contributed by atoms with Gasteiger partial charge in [0, 0.05) is 31.2 Å².